The summed E-state index contributed by atoms with van der Waals surface area (Å²) in [6.45, 7) is 6.31. The van der Waals surface area contributed by atoms with Gasteiger partial charge in [-0.15, -0.1) is 0 Å². The molecule has 0 radical (unpaired) electrons. The number of H-pyrrole nitrogens is 1. The second-order valence-corrected chi connectivity index (χ2v) is 8.45. The summed E-state index contributed by atoms with van der Waals surface area (Å²) >= 11 is 0. The van der Waals surface area contributed by atoms with Crippen LogP contribution >= 0.6 is 0 Å². The van der Waals surface area contributed by atoms with Crippen molar-refractivity contribution in [3.8, 4) is 5.75 Å². The topological polar surface area (TPSA) is 120 Å². The largest absolute Gasteiger partial charge is 0.507 e. The number of primary amides is 1. The van der Waals surface area contributed by atoms with Gasteiger partial charge in [0.25, 0.3) is 5.91 Å². The molecular weight excluding hydrogens is 404 g/mol. The molecule has 5 N–H and O–H groups in total. The average Bonchev–Trinajstić information content (AvgIpc) is 3.19. The van der Waals surface area contributed by atoms with Crippen LogP contribution in [-0.2, 0) is 13.0 Å². The van der Waals surface area contributed by atoms with E-state index in [1.165, 1.54) is 19.3 Å². The number of rotatable bonds is 7. The second kappa shape index (κ2) is 9.30. The predicted molar refractivity (Wildman–Crippen MR) is 125 cm³/mol. The van der Waals surface area contributed by atoms with E-state index < -0.39 is 5.91 Å². The number of aromatic hydroxyl groups is 1. The van der Waals surface area contributed by atoms with Crippen molar-refractivity contribution in [3.63, 3.8) is 0 Å². The predicted octanol–water partition coefficient (Wildman–Crippen LogP) is 3.42. The fraction of sp³-hybridized carbons (Fsp3) is 0.375. The van der Waals surface area contributed by atoms with Gasteiger partial charge >= 0.3 is 0 Å². The number of aromatic nitrogens is 3. The van der Waals surface area contributed by atoms with Crippen LogP contribution in [0.1, 0.15) is 57.7 Å². The van der Waals surface area contributed by atoms with Gasteiger partial charge in [0.2, 0.25) is 0 Å². The summed E-state index contributed by atoms with van der Waals surface area (Å²) in [6.07, 6.45) is 6.06. The molecule has 1 aliphatic heterocycles. The molecule has 1 amide bonds. The third-order valence-electron chi connectivity index (χ3n) is 5.99. The van der Waals surface area contributed by atoms with E-state index >= 15 is 0 Å². The number of nitrogens with zero attached hydrogens (tertiary/aromatic N) is 3. The number of anilines is 2. The molecule has 32 heavy (non-hydrogen) atoms. The molecule has 168 valence electrons. The van der Waals surface area contributed by atoms with E-state index in [0.717, 1.165) is 41.2 Å². The van der Waals surface area contributed by atoms with Crippen LogP contribution in [0.2, 0.25) is 0 Å². The van der Waals surface area contributed by atoms with Crippen molar-refractivity contribution >= 4 is 17.4 Å². The Labute approximate surface area is 187 Å². The van der Waals surface area contributed by atoms with Crippen LogP contribution in [-0.4, -0.2) is 39.3 Å². The number of pyridine rings is 1. The van der Waals surface area contributed by atoms with Crippen molar-refractivity contribution in [1.82, 2.24) is 15.2 Å². The SMILES string of the molecule is Cc1cc(CNc2n[nH]c(Cc3ccc(N4CCCCC4)cn3)c2C(N)=O)cc(C)c1O. The molecular formula is C24H30N6O2. The molecule has 0 spiro atoms. The molecule has 8 nitrogen and oxygen atoms in total. The molecule has 1 fully saturated rings. The number of hydrogen-bond donors (Lipinski definition) is 4. The molecule has 8 heteroatoms. The van der Waals surface area contributed by atoms with Crippen molar-refractivity contribution < 1.29 is 9.90 Å². The van der Waals surface area contributed by atoms with Gasteiger partial charge in [-0.25, -0.2) is 0 Å². The number of phenols is 1. The van der Waals surface area contributed by atoms with Crippen LogP contribution in [0.5, 0.6) is 5.75 Å². The van der Waals surface area contributed by atoms with Crippen LogP contribution < -0.4 is 16.0 Å². The molecule has 4 rings (SSSR count). The first kappa shape index (κ1) is 21.7. The zero-order valence-corrected chi connectivity index (χ0v) is 18.6. The van der Waals surface area contributed by atoms with Gasteiger partial charge in [0.15, 0.2) is 5.82 Å². The summed E-state index contributed by atoms with van der Waals surface area (Å²) < 4.78 is 0. The van der Waals surface area contributed by atoms with Gasteiger partial charge < -0.3 is 21.1 Å². The maximum absolute atomic E-state index is 12.2. The Hall–Kier alpha value is -3.55. The van der Waals surface area contributed by atoms with E-state index in [1.54, 1.807) is 0 Å². The fourth-order valence-electron chi connectivity index (χ4n) is 4.27. The number of piperidine rings is 1. The van der Waals surface area contributed by atoms with Crippen molar-refractivity contribution in [2.45, 2.75) is 46.1 Å². The molecule has 0 aliphatic carbocycles. The number of hydrogen-bond acceptors (Lipinski definition) is 6. The lowest BCUT2D eigenvalue weighted by molar-refractivity contribution is 0.100. The van der Waals surface area contributed by atoms with Crippen molar-refractivity contribution in [3.05, 3.63) is 64.1 Å². The highest BCUT2D eigenvalue weighted by molar-refractivity contribution is 5.98. The number of amides is 1. The summed E-state index contributed by atoms with van der Waals surface area (Å²) in [5.41, 5.74) is 11.2. The number of aryl methyl sites for hydroxylation is 2. The second-order valence-electron chi connectivity index (χ2n) is 8.45. The average molecular weight is 435 g/mol. The highest BCUT2D eigenvalue weighted by Crippen LogP contribution is 2.25. The van der Waals surface area contributed by atoms with Crippen LogP contribution in [0.15, 0.2) is 30.5 Å². The third kappa shape index (κ3) is 4.69. The summed E-state index contributed by atoms with van der Waals surface area (Å²) in [7, 11) is 0. The van der Waals surface area contributed by atoms with Crippen LogP contribution in [0.25, 0.3) is 0 Å². The standard InChI is InChI=1S/C24H30N6O2/c1-15-10-17(11-16(2)22(15)31)13-27-24-21(23(25)32)20(28-29-24)12-18-6-7-19(14-26-18)30-8-4-3-5-9-30/h6-7,10-11,14,31H,3-5,8-9,12-13H2,1-2H3,(H2,25,32)(H2,27,28,29). The van der Waals surface area contributed by atoms with E-state index in [2.05, 4.69) is 31.5 Å². The molecule has 0 atom stereocenters. The van der Waals surface area contributed by atoms with Crippen molar-refractivity contribution in [2.24, 2.45) is 5.73 Å². The first-order valence-corrected chi connectivity index (χ1v) is 11.0. The van der Waals surface area contributed by atoms with Gasteiger partial charge in [0, 0.05) is 31.7 Å². The number of nitrogens with one attached hydrogen (secondary N) is 2. The minimum Gasteiger partial charge on any atom is -0.507 e. The Balaban J connectivity index is 1.47. The third-order valence-corrected chi connectivity index (χ3v) is 5.99. The summed E-state index contributed by atoms with van der Waals surface area (Å²) in [6, 6.07) is 7.88. The first-order valence-electron chi connectivity index (χ1n) is 11.0. The lowest BCUT2D eigenvalue weighted by Crippen LogP contribution is -2.29. The highest BCUT2D eigenvalue weighted by atomic mass is 16.3. The Morgan fingerprint density at radius 1 is 1.19 bits per heavy atom. The molecule has 3 heterocycles. The number of carbonyl (C=O) groups is 1. The minimum absolute atomic E-state index is 0.299. The highest BCUT2D eigenvalue weighted by Gasteiger charge is 2.19. The minimum atomic E-state index is -0.542. The number of carbonyl (C=O) groups excluding carboxylic acids is 1. The molecule has 0 unspecified atom stereocenters. The lowest BCUT2D eigenvalue weighted by atomic mass is 10.1. The van der Waals surface area contributed by atoms with Crippen molar-refractivity contribution in [1.29, 1.82) is 0 Å². The van der Waals surface area contributed by atoms with E-state index in [4.69, 9.17) is 5.73 Å². The number of phenolic OH excluding ortho intramolecular Hbond substituents is 1. The van der Waals surface area contributed by atoms with E-state index in [1.807, 2.05) is 38.2 Å². The Morgan fingerprint density at radius 2 is 1.91 bits per heavy atom. The molecule has 1 saturated heterocycles. The summed E-state index contributed by atoms with van der Waals surface area (Å²) in [4.78, 5) is 19.1. The first-order chi connectivity index (χ1) is 15.4. The van der Waals surface area contributed by atoms with E-state index in [0.29, 0.717) is 35.8 Å². The van der Waals surface area contributed by atoms with E-state index in [9.17, 15) is 9.90 Å². The summed E-state index contributed by atoms with van der Waals surface area (Å²) in [5.74, 6) is 0.174. The van der Waals surface area contributed by atoms with Gasteiger partial charge in [-0.3, -0.25) is 14.9 Å². The van der Waals surface area contributed by atoms with Gasteiger partial charge in [-0.05, 0) is 61.9 Å². The molecule has 3 aromatic rings. The van der Waals surface area contributed by atoms with Gasteiger partial charge in [-0.2, -0.15) is 5.10 Å². The van der Waals surface area contributed by atoms with Crippen LogP contribution in [0.4, 0.5) is 11.5 Å². The quantitative estimate of drug-likeness (QED) is 0.452. The normalized spacial score (nSPS) is 13.9. The van der Waals surface area contributed by atoms with Crippen molar-refractivity contribution in [2.75, 3.05) is 23.3 Å². The van der Waals surface area contributed by atoms with Gasteiger partial charge in [-0.1, -0.05) is 12.1 Å². The maximum atomic E-state index is 12.2. The molecule has 0 bridgehead atoms. The Morgan fingerprint density at radius 3 is 2.53 bits per heavy atom. The molecule has 0 saturated carbocycles. The number of nitrogens with two attached hydrogens (primary N) is 1. The van der Waals surface area contributed by atoms with Gasteiger partial charge in [0.1, 0.15) is 11.3 Å². The zero-order valence-electron chi connectivity index (χ0n) is 18.6. The maximum Gasteiger partial charge on any atom is 0.254 e. The fourth-order valence-corrected chi connectivity index (χ4v) is 4.27. The molecule has 1 aromatic carbocycles. The van der Waals surface area contributed by atoms with E-state index in [-0.39, 0.29) is 0 Å². The molecule has 1 aliphatic rings. The smallest absolute Gasteiger partial charge is 0.254 e. The molecule has 2 aromatic heterocycles. The summed E-state index contributed by atoms with van der Waals surface area (Å²) in [5, 5.41) is 20.4. The van der Waals surface area contributed by atoms with Gasteiger partial charge in [0.05, 0.1) is 17.6 Å². The van der Waals surface area contributed by atoms with Crippen LogP contribution in [0, 0.1) is 13.8 Å². The Kier molecular flexibility index (Phi) is 6.30. The number of benzene rings is 1. The Bertz CT molecular complexity index is 1080. The zero-order chi connectivity index (χ0) is 22.7. The lowest BCUT2D eigenvalue weighted by Gasteiger charge is -2.28. The van der Waals surface area contributed by atoms with Crippen LogP contribution in [0.3, 0.4) is 0 Å². The number of aromatic amines is 1. The monoisotopic (exact) mass is 434 g/mol.